The first-order chi connectivity index (χ1) is 10.1. The molecule has 0 heterocycles. The highest BCUT2D eigenvalue weighted by Gasteiger charge is 2.03. The van der Waals surface area contributed by atoms with Gasteiger partial charge in [-0.1, -0.05) is 29.8 Å². The Morgan fingerprint density at radius 3 is 2.52 bits per heavy atom. The minimum absolute atomic E-state index is 0.231. The molecule has 0 saturated heterocycles. The van der Waals surface area contributed by atoms with Gasteiger partial charge in [-0.05, 0) is 43.2 Å². The lowest BCUT2D eigenvalue weighted by Crippen LogP contribution is -2.17. The van der Waals surface area contributed by atoms with Gasteiger partial charge >= 0.3 is 0 Å². The Morgan fingerprint density at radius 2 is 1.86 bits per heavy atom. The molecule has 0 saturated carbocycles. The molecule has 0 radical (unpaired) electrons. The Labute approximate surface area is 124 Å². The van der Waals surface area contributed by atoms with Crippen molar-refractivity contribution < 1.29 is 9.53 Å². The standard InChI is InChI=1S/C17H18N2O2/c1-12-4-8-15(9-5-12)17(20)19-18-11-14-7-6-13(2)16(10-14)21-3/h4-11H,1-3H3,(H,19,20). The monoisotopic (exact) mass is 282 g/mol. The Morgan fingerprint density at radius 1 is 1.14 bits per heavy atom. The molecule has 1 amide bonds. The highest BCUT2D eigenvalue weighted by atomic mass is 16.5. The number of carbonyl (C=O) groups is 1. The average molecular weight is 282 g/mol. The minimum atomic E-state index is -0.231. The summed E-state index contributed by atoms with van der Waals surface area (Å²) in [5.74, 6) is 0.564. The van der Waals surface area contributed by atoms with Crippen molar-refractivity contribution in [1.29, 1.82) is 0 Å². The van der Waals surface area contributed by atoms with Crippen molar-refractivity contribution in [2.75, 3.05) is 7.11 Å². The first-order valence-corrected chi connectivity index (χ1v) is 6.65. The van der Waals surface area contributed by atoms with Crippen LogP contribution in [0.2, 0.25) is 0 Å². The van der Waals surface area contributed by atoms with Gasteiger partial charge in [0.05, 0.1) is 13.3 Å². The zero-order valence-corrected chi connectivity index (χ0v) is 12.4. The van der Waals surface area contributed by atoms with E-state index in [0.29, 0.717) is 5.56 Å². The van der Waals surface area contributed by atoms with E-state index in [1.165, 1.54) is 0 Å². The predicted molar refractivity (Wildman–Crippen MR) is 84.0 cm³/mol. The molecule has 4 heteroatoms. The molecule has 0 bridgehead atoms. The van der Waals surface area contributed by atoms with Crippen LogP contribution < -0.4 is 10.2 Å². The van der Waals surface area contributed by atoms with E-state index in [0.717, 1.165) is 22.4 Å². The van der Waals surface area contributed by atoms with Crippen LogP contribution in [0.4, 0.5) is 0 Å². The Balaban J connectivity index is 2.02. The highest BCUT2D eigenvalue weighted by Crippen LogP contribution is 2.17. The smallest absolute Gasteiger partial charge is 0.271 e. The van der Waals surface area contributed by atoms with Gasteiger partial charge in [-0.25, -0.2) is 5.43 Å². The molecular weight excluding hydrogens is 264 g/mol. The van der Waals surface area contributed by atoms with Gasteiger partial charge in [0.15, 0.2) is 0 Å². The number of carbonyl (C=O) groups excluding carboxylic acids is 1. The summed E-state index contributed by atoms with van der Waals surface area (Å²) in [6.07, 6.45) is 1.59. The molecule has 4 nitrogen and oxygen atoms in total. The number of methoxy groups -OCH3 is 1. The molecule has 21 heavy (non-hydrogen) atoms. The predicted octanol–water partition coefficient (Wildman–Crippen LogP) is 3.08. The van der Waals surface area contributed by atoms with Crippen LogP contribution in [0.3, 0.4) is 0 Å². The molecule has 0 fully saturated rings. The highest BCUT2D eigenvalue weighted by molar-refractivity contribution is 5.94. The number of hydrazone groups is 1. The third-order valence-corrected chi connectivity index (χ3v) is 3.13. The van der Waals surface area contributed by atoms with Crippen molar-refractivity contribution in [2.24, 2.45) is 5.10 Å². The number of ether oxygens (including phenoxy) is 1. The van der Waals surface area contributed by atoms with E-state index in [-0.39, 0.29) is 5.91 Å². The van der Waals surface area contributed by atoms with Crippen molar-refractivity contribution in [3.8, 4) is 5.75 Å². The fourth-order valence-electron chi connectivity index (χ4n) is 1.85. The number of amides is 1. The van der Waals surface area contributed by atoms with Crippen molar-refractivity contribution in [1.82, 2.24) is 5.43 Å². The molecule has 0 atom stereocenters. The van der Waals surface area contributed by atoms with Crippen LogP contribution in [0.15, 0.2) is 47.6 Å². The van der Waals surface area contributed by atoms with Crippen molar-refractivity contribution >= 4 is 12.1 Å². The van der Waals surface area contributed by atoms with Crippen molar-refractivity contribution in [3.63, 3.8) is 0 Å². The summed E-state index contributed by atoms with van der Waals surface area (Å²) in [6, 6.07) is 13.1. The SMILES string of the molecule is COc1cc(C=NNC(=O)c2ccc(C)cc2)ccc1C. The molecule has 0 aliphatic rings. The van der Waals surface area contributed by atoms with E-state index < -0.39 is 0 Å². The number of nitrogens with one attached hydrogen (secondary N) is 1. The van der Waals surface area contributed by atoms with Crippen molar-refractivity contribution in [2.45, 2.75) is 13.8 Å². The van der Waals surface area contributed by atoms with E-state index in [1.807, 2.05) is 44.2 Å². The molecule has 108 valence electrons. The summed E-state index contributed by atoms with van der Waals surface area (Å²) < 4.78 is 5.24. The molecule has 0 aliphatic carbocycles. The van der Waals surface area contributed by atoms with Gasteiger partial charge in [-0.3, -0.25) is 4.79 Å². The van der Waals surface area contributed by atoms with Crippen LogP contribution in [-0.2, 0) is 0 Å². The number of benzene rings is 2. The van der Waals surface area contributed by atoms with Gasteiger partial charge in [0.1, 0.15) is 5.75 Å². The molecule has 0 aromatic heterocycles. The largest absolute Gasteiger partial charge is 0.496 e. The van der Waals surface area contributed by atoms with Crippen molar-refractivity contribution in [3.05, 3.63) is 64.7 Å². The molecule has 2 rings (SSSR count). The Bertz CT molecular complexity index is 661. The lowest BCUT2D eigenvalue weighted by molar-refractivity contribution is 0.0955. The summed E-state index contributed by atoms with van der Waals surface area (Å²) in [5.41, 5.74) is 6.12. The zero-order chi connectivity index (χ0) is 15.2. The fourth-order valence-corrected chi connectivity index (χ4v) is 1.85. The summed E-state index contributed by atoms with van der Waals surface area (Å²) in [7, 11) is 1.63. The number of rotatable bonds is 4. The van der Waals surface area contributed by atoms with Gasteiger partial charge < -0.3 is 4.74 Å². The van der Waals surface area contributed by atoms with E-state index >= 15 is 0 Å². The zero-order valence-electron chi connectivity index (χ0n) is 12.4. The molecule has 0 spiro atoms. The Hall–Kier alpha value is -2.62. The molecular formula is C17H18N2O2. The van der Waals surface area contributed by atoms with Crippen LogP contribution in [0, 0.1) is 13.8 Å². The second-order valence-electron chi connectivity index (χ2n) is 4.79. The van der Waals surface area contributed by atoms with Gasteiger partial charge in [-0.2, -0.15) is 5.10 Å². The average Bonchev–Trinajstić information content (AvgIpc) is 2.49. The quantitative estimate of drug-likeness (QED) is 0.692. The summed E-state index contributed by atoms with van der Waals surface area (Å²) in [6.45, 7) is 3.95. The van der Waals surface area contributed by atoms with Gasteiger partial charge in [0, 0.05) is 5.56 Å². The van der Waals surface area contributed by atoms with Crippen LogP contribution >= 0.6 is 0 Å². The van der Waals surface area contributed by atoms with Gasteiger partial charge in [-0.15, -0.1) is 0 Å². The van der Waals surface area contributed by atoms with Crippen LogP contribution in [0.25, 0.3) is 0 Å². The van der Waals surface area contributed by atoms with E-state index in [4.69, 9.17) is 4.74 Å². The topological polar surface area (TPSA) is 50.7 Å². The molecule has 0 unspecified atom stereocenters. The van der Waals surface area contributed by atoms with E-state index in [2.05, 4.69) is 10.5 Å². The van der Waals surface area contributed by atoms with Crippen LogP contribution in [0.1, 0.15) is 27.0 Å². The number of hydrogen-bond donors (Lipinski definition) is 1. The van der Waals surface area contributed by atoms with E-state index in [1.54, 1.807) is 25.5 Å². The maximum Gasteiger partial charge on any atom is 0.271 e. The third-order valence-electron chi connectivity index (χ3n) is 3.13. The third kappa shape index (κ3) is 3.92. The number of aryl methyl sites for hydroxylation is 2. The normalized spacial score (nSPS) is 10.6. The Kier molecular flexibility index (Phi) is 4.72. The molecule has 2 aromatic carbocycles. The maximum absolute atomic E-state index is 11.9. The maximum atomic E-state index is 11.9. The second-order valence-corrected chi connectivity index (χ2v) is 4.79. The van der Waals surface area contributed by atoms with Gasteiger partial charge in [0.25, 0.3) is 5.91 Å². The summed E-state index contributed by atoms with van der Waals surface area (Å²) in [4.78, 5) is 11.9. The second kappa shape index (κ2) is 6.70. The number of nitrogens with zero attached hydrogens (tertiary/aromatic N) is 1. The molecule has 0 aliphatic heterocycles. The lowest BCUT2D eigenvalue weighted by Gasteiger charge is -2.04. The van der Waals surface area contributed by atoms with E-state index in [9.17, 15) is 4.79 Å². The molecule has 2 aromatic rings. The summed E-state index contributed by atoms with van der Waals surface area (Å²) >= 11 is 0. The minimum Gasteiger partial charge on any atom is -0.496 e. The van der Waals surface area contributed by atoms with Crippen LogP contribution in [-0.4, -0.2) is 19.2 Å². The molecule has 1 N–H and O–H groups in total. The van der Waals surface area contributed by atoms with Gasteiger partial charge in [0.2, 0.25) is 0 Å². The van der Waals surface area contributed by atoms with Crippen LogP contribution in [0.5, 0.6) is 5.75 Å². The first-order valence-electron chi connectivity index (χ1n) is 6.65. The summed E-state index contributed by atoms with van der Waals surface area (Å²) in [5, 5.41) is 3.97. The lowest BCUT2D eigenvalue weighted by atomic mass is 10.1. The number of hydrogen-bond acceptors (Lipinski definition) is 3. The first kappa shape index (κ1) is 14.8. The fraction of sp³-hybridized carbons (Fsp3) is 0.176.